The molecule has 0 fully saturated rings. The van der Waals surface area contributed by atoms with E-state index in [1.807, 2.05) is 74.0 Å². The predicted octanol–water partition coefficient (Wildman–Crippen LogP) is 6.23. The molecule has 0 unspecified atom stereocenters. The highest BCUT2D eigenvalue weighted by Crippen LogP contribution is 2.22. The third-order valence-corrected chi connectivity index (χ3v) is 6.64. The smallest absolute Gasteiger partial charge is 0.320 e. The Kier molecular flexibility index (Phi) is 8.08. The van der Waals surface area contributed by atoms with Gasteiger partial charge >= 0.3 is 12.1 Å². The molecule has 1 aromatic carbocycles. The fraction of sp³-hybridized carbons (Fsp3) is 0.304. The Labute approximate surface area is 191 Å². The topological polar surface area (TPSA) is 64.7 Å². The molecule has 31 heavy (non-hydrogen) atoms. The minimum atomic E-state index is -0.162. The van der Waals surface area contributed by atoms with E-state index in [4.69, 9.17) is 0 Å². The molecule has 0 bridgehead atoms. The second kappa shape index (κ2) is 11.0. The van der Waals surface area contributed by atoms with Crippen LogP contribution in [0.25, 0.3) is 0 Å². The first-order valence-electron chi connectivity index (χ1n) is 10.3. The Bertz CT molecular complexity index is 987. The standard InChI is InChI=1S/C23H28N4O2S2/c1-4-26(15-19-8-6-12-30-19)22(28)24-18-11-10-17(3)21(14-18)25-23(29)27(5-2)16-20-9-7-13-31-20/h6-14H,4-5,15-16H2,1-3H3,(H,24,28)(H,25,29). The number of rotatable bonds is 8. The number of nitrogens with one attached hydrogen (secondary N) is 2. The van der Waals surface area contributed by atoms with Crippen LogP contribution >= 0.6 is 22.7 Å². The highest BCUT2D eigenvalue weighted by molar-refractivity contribution is 7.10. The number of hydrogen-bond acceptors (Lipinski definition) is 4. The van der Waals surface area contributed by atoms with Crippen molar-refractivity contribution in [3.8, 4) is 0 Å². The van der Waals surface area contributed by atoms with E-state index in [1.165, 1.54) is 0 Å². The molecule has 0 spiro atoms. The Balaban J connectivity index is 1.66. The van der Waals surface area contributed by atoms with Gasteiger partial charge in [0, 0.05) is 34.2 Å². The van der Waals surface area contributed by atoms with Crippen LogP contribution in [0.3, 0.4) is 0 Å². The fourth-order valence-corrected chi connectivity index (χ4v) is 4.51. The maximum Gasteiger partial charge on any atom is 0.322 e. The van der Waals surface area contributed by atoms with Crippen molar-refractivity contribution in [3.63, 3.8) is 0 Å². The normalized spacial score (nSPS) is 10.5. The lowest BCUT2D eigenvalue weighted by atomic mass is 10.2. The van der Waals surface area contributed by atoms with Crippen molar-refractivity contribution in [3.05, 3.63) is 68.5 Å². The lowest BCUT2D eigenvalue weighted by Crippen LogP contribution is -2.35. The van der Waals surface area contributed by atoms with Crippen molar-refractivity contribution in [1.29, 1.82) is 0 Å². The zero-order chi connectivity index (χ0) is 22.2. The maximum absolute atomic E-state index is 12.8. The number of benzene rings is 1. The molecule has 8 heteroatoms. The summed E-state index contributed by atoms with van der Waals surface area (Å²) in [7, 11) is 0. The Morgan fingerprint density at radius 1 is 0.839 bits per heavy atom. The van der Waals surface area contributed by atoms with Crippen LogP contribution in [-0.4, -0.2) is 35.0 Å². The van der Waals surface area contributed by atoms with Gasteiger partial charge in [-0.15, -0.1) is 22.7 Å². The van der Waals surface area contributed by atoms with E-state index in [9.17, 15) is 9.59 Å². The zero-order valence-corrected chi connectivity index (χ0v) is 19.7. The molecule has 6 nitrogen and oxygen atoms in total. The molecule has 0 aliphatic rings. The number of thiophene rings is 2. The summed E-state index contributed by atoms with van der Waals surface area (Å²) in [6.07, 6.45) is 0. The third kappa shape index (κ3) is 6.32. The van der Waals surface area contributed by atoms with Crippen molar-refractivity contribution in [2.24, 2.45) is 0 Å². The van der Waals surface area contributed by atoms with Crippen LogP contribution in [0.15, 0.2) is 53.2 Å². The number of carbonyl (C=O) groups excluding carboxylic acids is 2. The first-order valence-corrected chi connectivity index (χ1v) is 12.0. The zero-order valence-electron chi connectivity index (χ0n) is 18.1. The first kappa shape index (κ1) is 22.8. The summed E-state index contributed by atoms with van der Waals surface area (Å²) in [6, 6.07) is 13.3. The summed E-state index contributed by atoms with van der Waals surface area (Å²) in [5.41, 5.74) is 2.27. The van der Waals surface area contributed by atoms with Crippen molar-refractivity contribution in [2.75, 3.05) is 23.7 Å². The van der Waals surface area contributed by atoms with Gasteiger partial charge < -0.3 is 20.4 Å². The summed E-state index contributed by atoms with van der Waals surface area (Å²) in [5.74, 6) is 0. The van der Waals surface area contributed by atoms with Gasteiger partial charge in [0.15, 0.2) is 0 Å². The van der Waals surface area contributed by atoms with Crippen LogP contribution in [0.1, 0.15) is 29.2 Å². The summed E-state index contributed by atoms with van der Waals surface area (Å²) < 4.78 is 0. The molecule has 2 N–H and O–H groups in total. The molecule has 4 amide bonds. The van der Waals surface area contributed by atoms with E-state index >= 15 is 0 Å². The molecule has 3 rings (SSSR count). The largest absolute Gasteiger partial charge is 0.322 e. The average molecular weight is 457 g/mol. The predicted molar refractivity (Wildman–Crippen MR) is 130 cm³/mol. The minimum Gasteiger partial charge on any atom is -0.320 e. The van der Waals surface area contributed by atoms with E-state index in [0.29, 0.717) is 37.6 Å². The number of hydrogen-bond donors (Lipinski definition) is 2. The van der Waals surface area contributed by atoms with E-state index in [-0.39, 0.29) is 12.1 Å². The number of aryl methyl sites for hydroxylation is 1. The summed E-state index contributed by atoms with van der Waals surface area (Å²) >= 11 is 3.27. The molecule has 0 atom stereocenters. The number of amides is 4. The Hall–Kier alpha value is -2.84. The van der Waals surface area contributed by atoms with E-state index in [2.05, 4.69) is 10.6 Å². The molecule has 0 aliphatic carbocycles. The van der Waals surface area contributed by atoms with Gasteiger partial charge in [-0.25, -0.2) is 9.59 Å². The monoisotopic (exact) mass is 456 g/mol. The molecule has 0 radical (unpaired) electrons. The van der Waals surface area contributed by atoms with Crippen LogP contribution in [0, 0.1) is 6.92 Å². The second-order valence-electron chi connectivity index (χ2n) is 7.08. The minimum absolute atomic E-state index is 0.157. The molecular formula is C23H28N4O2S2. The van der Waals surface area contributed by atoms with Crippen LogP contribution in [-0.2, 0) is 13.1 Å². The van der Waals surface area contributed by atoms with Crippen LogP contribution in [0.5, 0.6) is 0 Å². The van der Waals surface area contributed by atoms with Gasteiger partial charge in [0.05, 0.1) is 13.1 Å². The number of anilines is 2. The Morgan fingerprint density at radius 2 is 1.39 bits per heavy atom. The molecule has 2 heterocycles. The average Bonchev–Trinajstić information content (AvgIpc) is 3.46. The van der Waals surface area contributed by atoms with Crippen molar-refractivity contribution in [2.45, 2.75) is 33.9 Å². The quantitative estimate of drug-likeness (QED) is 0.422. The lowest BCUT2D eigenvalue weighted by Gasteiger charge is -2.23. The van der Waals surface area contributed by atoms with Gasteiger partial charge in [-0.05, 0) is 61.4 Å². The van der Waals surface area contributed by atoms with Crippen LogP contribution in [0.2, 0.25) is 0 Å². The van der Waals surface area contributed by atoms with Crippen LogP contribution < -0.4 is 10.6 Å². The molecule has 2 aromatic heterocycles. The summed E-state index contributed by atoms with van der Waals surface area (Å²) in [5, 5.41) is 9.97. The summed E-state index contributed by atoms with van der Waals surface area (Å²) in [6.45, 7) is 8.21. The maximum atomic E-state index is 12.8. The number of nitrogens with zero attached hydrogens (tertiary/aromatic N) is 2. The summed E-state index contributed by atoms with van der Waals surface area (Å²) in [4.78, 5) is 31.3. The van der Waals surface area contributed by atoms with Gasteiger partial charge in [0.1, 0.15) is 0 Å². The van der Waals surface area contributed by atoms with Crippen LogP contribution in [0.4, 0.5) is 21.0 Å². The lowest BCUT2D eigenvalue weighted by molar-refractivity contribution is 0.212. The first-order chi connectivity index (χ1) is 15.0. The van der Waals surface area contributed by atoms with Gasteiger partial charge in [-0.1, -0.05) is 18.2 Å². The second-order valence-corrected chi connectivity index (χ2v) is 9.14. The van der Waals surface area contributed by atoms with Gasteiger partial charge in [0.2, 0.25) is 0 Å². The number of carbonyl (C=O) groups is 2. The van der Waals surface area contributed by atoms with Gasteiger partial charge in [-0.2, -0.15) is 0 Å². The Morgan fingerprint density at radius 3 is 1.87 bits per heavy atom. The van der Waals surface area contributed by atoms with Gasteiger partial charge in [-0.3, -0.25) is 0 Å². The highest BCUT2D eigenvalue weighted by Gasteiger charge is 2.16. The van der Waals surface area contributed by atoms with E-state index in [1.54, 1.807) is 32.5 Å². The molecule has 164 valence electrons. The van der Waals surface area contributed by atoms with E-state index < -0.39 is 0 Å². The molecular weight excluding hydrogens is 428 g/mol. The SMILES string of the molecule is CCN(Cc1cccs1)C(=O)Nc1ccc(C)c(NC(=O)N(CC)Cc2cccs2)c1. The third-order valence-electron chi connectivity index (χ3n) is 4.92. The number of urea groups is 2. The van der Waals surface area contributed by atoms with Crippen molar-refractivity contribution < 1.29 is 9.59 Å². The molecule has 0 saturated carbocycles. The van der Waals surface area contributed by atoms with E-state index in [0.717, 1.165) is 15.3 Å². The fourth-order valence-electron chi connectivity index (χ4n) is 3.07. The van der Waals surface area contributed by atoms with Gasteiger partial charge in [0.25, 0.3) is 0 Å². The molecule has 0 aliphatic heterocycles. The van der Waals surface area contributed by atoms with Crippen molar-refractivity contribution in [1.82, 2.24) is 9.80 Å². The highest BCUT2D eigenvalue weighted by atomic mass is 32.1. The van der Waals surface area contributed by atoms with Crippen molar-refractivity contribution >= 4 is 46.1 Å². The molecule has 3 aromatic rings. The molecule has 0 saturated heterocycles.